The van der Waals surface area contributed by atoms with Crippen molar-refractivity contribution in [1.29, 1.82) is 0 Å². The molecular weight excluding hydrogens is 231 g/mol. The van der Waals surface area contributed by atoms with Crippen LogP contribution in [0, 0.1) is 11.7 Å². The van der Waals surface area contributed by atoms with Crippen LogP contribution in [0.5, 0.6) is 0 Å². The van der Waals surface area contributed by atoms with Crippen molar-refractivity contribution >= 4 is 0 Å². The first-order chi connectivity index (χ1) is 8.79. The third-order valence-corrected chi connectivity index (χ3v) is 3.56. The van der Waals surface area contributed by atoms with E-state index in [1.807, 2.05) is 16.8 Å². The first-order valence-electron chi connectivity index (χ1n) is 6.19. The van der Waals surface area contributed by atoms with Crippen molar-refractivity contribution in [3.05, 3.63) is 42.0 Å². The molecule has 1 aliphatic rings. The normalized spacial score (nSPS) is 18.7. The Bertz CT molecular complexity index is 565. The summed E-state index contributed by atoms with van der Waals surface area (Å²) in [4.78, 5) is 4.34. The van der Waals surface area contributed by atoms with Gasteiger partial charge < -0.3 is 9.67 Å². The van der Waals surface area contributed by atoms with Crippen molar-refractivity contribution < 1.29 is 9.50 Å². The van der Waals surface area contributed by atoms with Gasteiger partial charge in [0.2, 0.25) is 0 Å². The van der Waals surface area contributed by atoms with E-state index < -0.39 is 0 Å². The van der Waals surface area contributed by atoms with E-state index in [9.17, 15) is 9.50 Å². The molecule has 0 amide bonds. The third-order valence-electron chi connectivity index (χ3n) is 3.56. The van der Waals surface area contributed by atoms with E-state index in [1.54, 1.807) is 12.1 Å². The average molecular weight is 246 g/mol. The van der Waals surface area contributed by atoms with Gasteiger partial charge in [-0.1, -0.05) is 12.1 Å². The van der Waals surface area contributed by atoms with Crippen molar-refractivity contribution in [1.82, 2.24) is 9.55 Å². The SMILES string of the molecule is OCC1CCc2cnc(-c3ccccc3F)n2C1. The van der Waals surface area contributed by atoms with Crippen LogP contribution in [0.15, 0.2) is 30.5 Å². The second-order valence-electron chi connectivity index (χ2n) is 4.75. The van der Waals surface area contributed by atoms with Gasteiger partial charge in [0.05, 0.1) is 5.56 Å². The first kappa shape index (κ1) is 11.4. The zero-order valence-electron chi connectivity index (χ0n) is 10.0. The van der Waals surface area contributed by atoms with E-state index in [0.29, 0.717) is 11.4 Å². The smallest absolute Gasteiger partial charge is 0.143 e. The molecular formula is C14H15FN2O. The van der Waals surface area contributed by atoms with Gasteiger partial charge in [-0.3, -0.25) is 0 Å². The summed E-state index contributed by atoms with van der Waals surface area (Å²) in [5, 5.41) is 9.26. The van der Waals surface area contributed by atoms with Crippen LogP contribution in [-0.2, 0) is 13.0 Å². The summed E-state index contributed by atoms with van der Waals surface area (Å²) in [6.45, 7) is 0.893. The molecule has 0 bridgehead atoms. The van der Waals surface area contributed by atoms with Crippen LogP contribution in [0.4, 0.5) is 4.39 Å². The van der Waals surface area contributed by atoms with Gasteiger partial charge >= 0.3 is 0 Å². The van der Waals surface area contributed by atoms with Gasteiger partial charge in [0.25, 0.3) is 0 Å². The number of aryl methyl sites for hydroxylation is 1. The van der Waals surface area contributed by atoms with Crippen LogP contribution >= 0.6 is 0 Å². The van der Waals surface area contributed by atoms with Crippen molar-refractivity contribution in [3.8, 4) is 11.4 Å². The van der Waals surface area contributed by atoms with Gasteiger partial charge in [-0.05, 0) is 25.0 Å². The van der Waals surface area contributed by atoms with Crippen LogP contribution < -0.4 is 0 Å². The molecule has 0 radical (unpaired) electrons. The molecule has 0 spiro atoms. The summed E-state index contributed by atoms with van der Waals surface area (Å²) in [7, 11) is 0. The number of aromatic nitrogens is 2. The molecule has 1 atom stereocenters. The lowest BCUT2D eigenvalue weighted by atomic mass is 9.99. The van der Waals surface area contributed by atoms with Gasteiger partial charge in [-0.25, -0.2) is 9.37 Å². The second kappa shape index (κ2) is 4.53. The number of nitrogens with zero attached hydrogens (tertiary/aromatic N) is 2. The van der Waals surface area contributed by atoms with Crippen molar-refractivity contribution in [2.45, 2.75) is 19.4 Å². The molecule has 1 aromatic carbocycles. The minimum Gasteiger partial charge on any atom is -0.396 e. The van der Waals surface area contributed by atoms with E-state index in [2.05, 4.69) is 4.98 Å². The van der Waals surface area contributed by atoms with Crippen LogP contribution in [0.3, 0.4) is 0 Å². The fourth-order valence-corrected chi connectivity index (χ4v) is 2.52. The molecule has 3 rings (SSSR count). The van der Waals surface area contributed by atoms with Gasteiger partial charge in [0, 0.05) is 31.0 Å². The Hall–Kier alpha value is -1.68. The standard InChI is InChI=1S/C14H15FN2O/c15-13-4-2-1-3-12(13)14-16-7-11-6-5-10(9-18)8-17(11)14/h1-4,7,10,18H,5-6,8-9H2. The largest absolute Gasteiger partial charge is 0.396 e. The Labute approximate surface area is 105 Å². The Morgan fingerprint density at radius 3 is 3.00 bits per heavy atom. The van der Waals surface area contributed by atoms with Gasteiger partial charge in [0.1, 0.15) is 11.6 Å². The fraction of sp³-hybridized carbons (Fsp3) is 0.357. The maximum Gasteiger partial charge on any atom is 0.143 e. The highest BCUT2D eigenvalue weighted by Gasteiger charge is 2.22. The van der Waals surface area contributed by atoms with Crippen LogP contribution in [-0.4, -0.2) is 21.3 Å². The topological polar surface area (TPSA) is 38.1 Å². The number of halogens is 1. The second-order valence-corrected chi connectivity index (χ2v) is 4.75. The molecule has 18 heavy (non-hydrogen) atoms. The van der Waals surface area contributed by atoms with E-state index in [0.717, 1.165) is 25.1 Å². The molecule has 94 valence electrons. The highest BCUT2D eigenvalue weighted by atomic mass is 19.1. The zero-order chi connectivity index (χ0) is 12.5. The molecule has 1 aromatic heterocycles. The van der Waals surface area contributed by atoms with E-state index in [4.69, 9.17) is 0 Å². The lowest BCUT2D eigenvalue weighted by Crippen LogP contribution is -2.23. The minimum absolute atomic E-state index is 0.175. The van der Waals surface area contributed by atoms with Crippen molar-refractivity contribution in [2.24, 2.45) is 5.92 Å². The van der Waals surface area contributed by atoms with Crippen LogP contribution in [0.1, 0.15) is 12.1 Å². The lowest BCUT2D eigenvalue weighted by molar-refractivity contribution is 0.192. The predicted octanol–water partition coefficient (Wildman–Crippen LogP) is 2.24. The number of benzene rings is 1. The number of aliphatic hydroxyl groups is 1. The van der Waals surface area contributed by atoms with Gasteiger partial charge in [0.15, 0.2) is 0 Å². The number of aliphatic hydroxyl groups excluding tert-OH is 1. The Balaban J connectivity index is 2.05. The quantitative estimate of drug-likeness (QED) is 0.882. The number of rotatable bonds is 2. The van der Waals surface area contributed by atoms with Gasteiger partial charge in [-0.2, -0.15) is 0 Å². The molecule has 2 aromatic rings. The predicted molar refractivity (Wildman–Crippen MR) is 66.5 cm³/mol. The average Bonchev–Trinajstić information content (AvgIpc) is 2.82. The summed E-state index contributed by atoms with van der Waals surface area (Å²) >= 11 is 0. The maximum atomic E-state index is 13.8. The van der Waals surface area contributed by atoms with Crippen molar-refractivity contribution in [3.63, 3.8) is 0 Å². The number of fused-ring (bicyclic) bond motifs is 1. The summed E-state index contributed by atoms with van der Waals surface area (Å²) in [5.41, 5.74) is 1.65. The molecule has 1 unspecified atom stereocenters. The molecule has 4 heteroatoms. The summed E-state index contributed by atoms with van der Waals surface area (Å²) in [5.74, 6) is 0.662. The van der Waals surface area contributed by atoms with E-state index in [-0.39, 0.29) is 18.3 Å². The van der Waals surface area contributed by atoms with E-state index >= 15 is 0 Å². The summed E-state index contributed by atoms with van der Waals surface area (Å²) < 4.78 is 15.8. The first-order valence-corrected chi connectivity index (χ1v) is 6.19. The van der Waals surface area contributed by atoms with Gasteiger partial charge in [-0.15, -0.1) is 0 Å². The molecule has 0 saturated heterocycles. The Morgan fingerprint density at radius 2 is 2.22 bits per heavy atom. The van der Waals surface area contributed by atoms with Crippen molar-refractivity contribution in [2.75, 3.05) is 6.61 Å². The number of hydrogen-bond donors (Lipinski definition) is 1. The highest BCUT2D eigenvalue weighted by molar-refractivity contribution is 5.57. The molecule has 1 aliphatic heterocycles. The minimum atomic E-state index is -0.253. The Morgan fingerprint density at radius 1 is 1.39 bits per heavy atom. The Kier molecular flexibility index (Phi) is 2.88. The van der Waals surface area contributed by atoms with E-state index in [1.165, 1.54) is 6.07 Å². The molecule has 3 nitrogen and oxygen atoms in total. The maximum absolute atomic E-state index is 13.8. The number of hydrogen-bond acceptors (Lipinski definition) is 2. The molecule has 0 fully saturated rings. The molecule has 2 heterocycles. The molecule has 0 saturated carbocycles. The summed E-state index contributed by atoms with van der Waals surface area (Å²) in [6, 6.07) is 6.68. The zero-order valence-corrected chi connectivity index (χ0v) is 10.0. The monoisotopic (exact) mass is 246 g/mol. The molecule has 1 N–H and O–H groups in total. The fourth-order valence-electron chi connectivity index (χ4n) is 2.52. The lowest BCUT2D eigenvalue weighted by Gasteiger charge is -2.23. The molecule has 0 aliphatic carbocycles. The summed E-state index contributed by atoms with van der Waals surface area (Å²) in [6.07, 6.45) is 3.68. The third kappa shape index (κ3) is 1.82. The highest BCUT2D eigenvalue weighted by Crippen LogP contribution is 2.28. The van der Waals surface area contributed by atoms with Crippen LogP contribution in [0.2, 0.25) is 0 Å². The number of imidazole rings is 1. The van der Waals surface area contributed by atoms with Crippen LogP contribution in [0.25, 0.3) is 11.4 Å².